The molecule has 0 aliphatic heterocycles. The third-order valence-corrected chi connectivity index (χ3v) is 2.83. The van der Waals surface area contributed by atoms with E-state index in [2.05, 4.69) is 10.3 Å². The molecule has 5 heteroatoms. The maximum Gasteiger partial charge on any atom is 0.269 e. The van der Waals surface area contributed by atoms with Crippen LogP contribution in [0.25, 0.3) is 0 Å². The van der Waals surface area contributed by atoms with E-state index in [0.717, 1.165) is 0 Å². The fourth-order valence-electron chi connectivity index (χ4n) is 1.85. The number of aldehydes is 1. The lowest BCUT2D eigenvalue weighted by atomic mass is 10.1. The fraction of sp³-hybridized carbons (Fsp3) is 0.133. The van der Waals surface area contributed by atoms with Gasteiger partial charge in [0.2, 0.25) is 0 Å². The Morgan fingerprint density at radius 3 is 2.75 bits per heavy atom. The summed E-state index contributed by atoms with van der Waals surface area (Å²) in [6, 6.07) is 9.27. The monoisotopic (exact) mass is 272 g/mol. The summed E-state index contributed by atoms with van der Waals surface area (Å²) < 4.78 is 13.6. The Balaban J connectivity index is 2.39. The maximum absolute atomic E-state index is 13.6. The van der Waals surface area contributed by atoms with E-state index in [9.17, 15) is 14.0 Å². The first kappa shape index (κ1) is 13.9. The molecule has 0 saturated carbocycles. The van der Waals surface area contributed by atoms with Crippen LogP contribution in [0.5, 0.6) is 0 Å². The Morgan fingerprint density at radius 1 is 1.35 bits per heavy atom. The van der Waals surface area contributed by atoms with Gasteiger partial charge in [-0.05, 0) is 23.8 Å². The molecule has 102 valence electrons. The first-order valence-electron chi connectivity index (χ1n) is 6.05. The number of rotatable bonds is 4. The van der Waals surface area contributed by atoms with Crippen molar-refractivity contribution in [3.8, 4) is 0 Å². The van der Waals surface area contributed by atoms with Crippen molar-refractivity contribution in [3.63, 3.8) is 0 Å². The van der Waals surface area contributed by atoms with Crippen molar-refractivity contribution in [1.82, 2.24) is 10.3 Å². The van der Waals surface area contributed by atoms with Gasteiger partial charge in [0.05, 0.1) is 0 Å². The van der Waals surface area contributed by atoms with Crippen LogP contribution < -0.4 is 5.32 Å². The summed E-state index contributed by atoms with van der Waals surface area (Å²) in [5.74, 6) is -0.726. The first-order chi connectivity index (χ1) is 9.63. The molecular formula is C15H13FN2O2. The van der Waals surface area contributed by atoms with E-state index in [1.165, 1.54) is 19.2 Å². The molecule has 1 aromatic carbocycles. The standard InChI is InChI=1S/C15H13FN2O2/c1-17-15(20)14-7-10(9-19)6-12(18-14)8-11-4-2-3-5-13(11)16/h2-7,9H,8H2,1H3,(H,17,20). The number of hydrogen-bond acceptors (Lipinski definition) is 3. The predicted molar refractivity (Wildman–Crippen MR) is 72.2 cm³/mol. The van der Waals surface area contributed by atoms with Crippen molar-refractivity contribution < 1.29 is 14.0 Å². The second kappa shape index (κ2) is 6.06. The number of nitrogens with zero attached hydrogens (tertiary/aromatic N) is 1. The van der Waals surface area contributed by atoms with E-state index >= 15 is 0 Å². The Labute approximate surface area is 115 Å². The lowest BCUT2D eigenvalue weighted by molar-refractivity contribution is 0.0958. The van der Waals surface area contributed by atoms with Gasteiger partial charge in [-0.1, -0.05) is 18.2 Å². The van der Waals surface area contributed by atoms with Gasteiger partial charge in [0.1, 0.15) is 17.8 Å². The van der Waals surface area contributed by atoms with Crippen molar-refractivity contribution >= 4 is 12.2 Å². The van der Waals surface area contributed by atoms with Gasteiger partial charge in [-0.3, -0.25) is 9.59 Å². The fourth-order valence-corrected chi connectivity index (χ4v) is 1.85. The van der Waals surface area contributed by atoms with E-state index in [0.29, 0.717) is 23.1 Å². The molecule has 0 saturated heterocycles. The summed E-state index contributed by atoms with van der Waals surface area (Å²) in [7, 11) is 1.48. The number of carbonyl (C=O) groups excluding carboxylic acids is 2. The molecule has 0 radical (unpaired) electrons. The van der Waals surface area contributed by atoms with Gasteiger partial charge in [-0.15, -0.1) is 0 Å². The largest absolute Gasteiger partial charge is 0.354 e. The van der Waals surface area contributed by atoms with Crippen molar-refractivity contribution in [2.75, 3.05) is 7.05 Å². The van der Waals surface area contributed by atoms with Crippen LogP contribution in [0.15, 0.2) is 36.4 Å². The molecule has 0 atom stereocenters. The summed E-state index contributed by atoms with van der Waals surface area (Å²) >= 11 is 0. The third-order valence-electron chi connectivity index (χ3n) is 2.83. The molecule has 0 aliphatic carbocycles. The molecule has 0 unspecified atom stereocenters. The predicted octanol–water partition coefficient (Wildman–Crippen LogP) is 1.98. The SMILES string of the molecule is CNC(=O)c1cc(C=O)cc(Cc2ccccc2F)n1. The molecule has 1 aromatic heterocycles. The Hall–Kier alpha value is -2.56. The highest BCUT2D eigenvalue weighted by molar-refractivity contribution is 5.93. The highest BCUT2D eigenvalue weighted by atomic mass is 19.1. The Morgan fingerprint density at radius 2 is 2.10 bits per heavy atom. The number of amides is 1. The van der Waals surface area contributed by atoms with Crippen LogP contribution in [-0.4, -0.2) is 24.2 Å². The van der Waals surface area contributed by atoms with E-state index in [1.807, 2.05) is 0 Å². The van der Waals surface area contributed by atoms with Gasteiger partial charge in [0.15, 0.2) is 0 Å². The molecule has 1 amide bonds. The van der Waals surface area contributed by atoms with Crippen LogP contribution in [-0.2, 0) is 6.42 Å². The first-order valence-corrected chi connectivity index (χ1v) is 6.05. The Kier molecular flexibility index (Phi) is 4.20. The zero-order valence-electron chi connectivity index (χ0n) is 10.9. The quantitative estimate of drug-likeness (QED) is 0.866. The van der Waals surface area contributed by atoms with E-state index in [-0.39, 0.29) is 23.8 Å². The van der Waals surface area contributed by atoms with Crippen molar-refractivity contribution in [1.29, 1.82) is 0 Å². The maximum atomic E-state index is 13.6. The van der Waals surface area contributed by atoms with Gasteiger partial charge in [0, 0.05) is 24.7 Å². The normalized spacial score (nSPS) is 10.1. The third kappa shape index (κ3) is 3.06. The Bertz CT molecular complexity index is 656. The van der Waals surface area contributed by atoms with Crippen LogP contribution in [0.3, 0.4) is 0 Å². The summed E-state index contributed by atoms with van der Waals surface area (Å²) in [6.07, 6.45) is 0.858. The summed E-state index contributed by atoms with van der Waals surface area (Å²) in [5, 5.41) is 2.44. The molecule has 1 N–H and O–H groups in total. The lowest BCUT2D eigenvalue weighted by Crippen LogP contribution is -2.20. The average molecular weight is 272 g/mol. The topological polar surface area (TPSA) is 59.1 Å². The minimum absolute atomic E-state index is 0.142. The van der Waals surface area contributed by atoms with E-state index in [4.69, 9.17) is 0 Å². The second-order valence-corrected chi connectivity index (χ2v) is 4.24. The number of aromatic nitrogens is 1. The van der Waals surface area contributed by atoms with Crippen LogP contribution in [0.2, 0.25) is 0 Å². The van der Waals surface area contributed by atoms with Crippen LogP contribution in [0.4, 0.5) is 4.39 Å². The van der Waals surface area contributed by atoms with E-state index < -0.39 is 0 Å². The van der Waals surface area contributed by atoms with Crippen molar-refractivity contribution in [2.24, 2.45) is 0 Å². The van der Waals surface area contributed by atoms with Crippen LogP contribution in [0.1, 0.15) is 32.1 Å². The zero-order chi connectivity index (χ0) is 14.5. The van der Waals surface area contributed by atoms with Crippen LogP contribution >= 0.6 is 0 Å². The molecule has 0 aliphatic rings. The minimum Gasteiger partial charge on any atom is -0.354 e. The molecule has 0 bridgehead atoms. The summed E-state index contributed by atoms with van der Waals surface area (Å²) in [5.41, 5.74) is 1.41. The van der Waals surface area contributed by atoms with Gasteiger partial charge in [0.25, 0.3) is 5.91 Å². The molecule has 0 fully saturated rings. The number of carbonyl (C=O) groups is 2. The number of pyridine rings is 1. The molecule has 2 rings (SSSR count). The summed E-state index contributed by atoms with van der Waals surface area (Å²) in [4.78, 5) is 26.6. The molecule has 1 heterocycles. The number of benzene rings is 1. The van der Waals surface area contributed by atoms with Crippen molar-refractivity contribution in [3.05, 3.63) is 64.7 Å². The van der Waals surface area contributed by atoms with Gasteiger partial charge in [-0.25, -0.2) is 9.37 Å². The molecule has 20 heavy (non-hydrogen) atoms. The number of nitrogens with one attached hydrogen (secondary N) is 1. The van der Waals surface area contributed by atoms with Gasteiger partial charge >= 0.3 is 0 Å². The molecule has 2 aromatic rings. The minimum atomic E-state index is -0.386. The lowest BCUT2D eigenvalue weighted by Gasteiger charge is -2.06. The van der Waals surface area contributed by atoms with E-state index in [1.54, 1.807) is 24.3 Å². The highest BCUT2D eigenvalue weighted by Gasteiger charge is 2.10. The summed E-state index contributed by atoms with van der Waals surface area (Å²) in [6.45, 7) is 0. The zero-order valence-corrected chi connectivity index (χ0v) is 10.9. The number of halogens is 1. The van der Waals surface area contributed by atoms with Gasteiger partial charge < -0.3 is 5.32 Å². The van der Waals surface area contributed by atoms with Crippen molar-refractivity contribution in [2.45, 2.75) is 6.42 Å². The smallest absolute Gasteiger partial charge is 0.269 e. The van der Waals surface area contributed by atoms with Gasteiger partial charge in [-0.2, -0.15) is 0 Å². The molecular weight excluding hydrogens is 259 g/mol. The molecule has 0 spiro atoms. The highest BCUT2D eigenvalue weighted by Crippen LogP contribution is 2.13. The number of hydrogen-bond donors (Lipinski definition) is 1. The second-order valence-electron chi connectivity index (χ2n) is 4.24. The molecule has 4 nitrogen and oxygen atoms in total. The average Bonchev–Trinajstić information content (AvgIpc) is 2.48. The van der Waals surface area contributed by atoms with Crippen LogP contribution in [0, 0.1) is 5.82 Å².